The normalized spacial score (nSPS) is 18.4. The van der Waals surface area contributed by atoms with E-state index in [9.17, 15) is 13.2 Å². The van der Waals surface area contributed by atoms with Gasteiger partial charge in [-0.3, -0.25) is 4.79 Å². The Hall–Kier alpha value is -0.920. The molecule has 0 bridgehead atoms. The van der Waals surface area contributed by atoms with Gasteiger partial charge in [0.2, 0.25) is 10.0 Å². The Kier molecular flexibility index (Phi) is 4.59. The van der Waals surface area contributed by atoms with Gasteiger partial charge in [-0.15, -0.1) is 0 Å². The van der Waals surface area contributed by atoms with Crippen molar-refractivity contribution in [2.24, 2.45) is 5.92 Å². The Morgan fingerprint density at radius 1 is 1.47 bits per heavy atom. The van der Waals surface area contributed by atoms with Gasteiger partial charge < -0.3 is 5.32 Å². The molecule has 19 heavy (non-hydrogen) atoms. The first kappa shape index (κ1) is 14.5. The molecule has 0 aliphatic carbocycles. The second kappa shape index (κ2) is 6.02. The minimum Gasteiger partial charge on any atom is -0.352 e. The Morgan fingerprint density at radius 2 is 2.16 bits per heavy atom. The summed E-state index contributed by atoms with van der Waals surface area (Å²) in [6, 6.07) is 1.80. The van der Waals surface area contributed by atoms with E-state index in [4.69, 9.17) is 0 Å². The maximum Gasteiger partial charge on any atom is 0.252 e. The van der Waals surface area contributed by atoms with Crippen LogP contribution in [0.1, 0.15) is 23.2 Å². The highest BCUT2D eigenvalue weighted by molar-refractivity contribution is 7.88. The molecule has 1 aliphatic rings. The van der Waals surface area contributed by atoms with E-state index in [1.165, 1.54) is 21.9 Å². The molecule has 1 aliphatic heterocycles. The number of hydrogen-bond acceptors (Lipinski definition) is 4. The van der Waals surface area contributed by atoms with Gasteiger partial charge in [-0.05, 0) is 30.2 Å². The lowest BCUT2D eigenvalue weighted by molar-refractivity contribution is 0.0942. The highest BCUT2D eigenvalue weighted by atomic mass is 32.2. The van der Waals surface area contributed by atoms with Gasteiger partial charge in [-0.25, -0.2) is 12.7 Å². The topological polar surface area (TPSA) is 66.5 Å². The monoisotopic (exact) mass is 302 g/mol. The van der Waals surface area contributed by atoms with Crippen LogP contribution in [0.4, 0.5) is 0 Å². The number of sulfonamides is 1. The molecule has 1 aromatic heterocycles. The second-order valence-electron chi connectivity index (χ2n) is 4.83. The van der Waals surface area contributed by atoms with E-state index in [1.54, 1.807) is 6.07 Å². The summed E-state index contributed by atoms with van der Waals surface area (Å²) in [6.07, 6.45) is 2.85. The molecule has 1 aromatic rings. The minimum absolute atomic E-state index is 0.0493. The van der Waals surface area contributed by atoms with Crippen LogP contribution in [-0.2, 0) is 10.0 Å². The Balaban J connectivity index is 1.76. The van der Waals surface area contributed by atoms with E-state index in [2.05, 4.69) is 5.32 Å². The van der Waals surface area contributed by atoms with Gasteiger partial charge in [0.1, 0.15) is 0 Å². The number of carbonyl (C=O) groups excluding carboxylic acids is 1. The molecule has 0 radical (unpaired) electrons. The smallest absolute Gasteiger partial charge is 0.252 e. The minimum atomic E-state index is -3.07. The lowest BCUT2D eigenvalue weighted by atomic mass is 9.98. The molecule has 106 valence electrons. The second-order valence-corrected chi connectivity index (χ2v) is 7.59. The Labute approximate surface area is 117 Å². The zero-order valence-corrected chi connectivity index (χ0v) is 12.5. The van der Waals surface area contributed by atoms with E-state index in [-0.39, 0.29) is 5.91 Å². The van der Waals surface area contributed by atoms with Crippen molar-refractivity contribution >= 4 is 27.3 Å². The fraction of sp³-hybridized carbons (Fsp3) is 0.583. The number of hydrogen-bond donors (Lipinski definition) is 1. The molecule has 1 N–H and O–H groups in total. The van der Waals surface area contributed by atoms with E-state index in [1.807, 2.05) is 10.8 Å². The number of carbonyl (C=O) groups is 1. The SMILES string of the molecule is CS(=O)(=O)N1CCC(CNC(=O)c2ccsc2)CC1. The summed E-state index contributed by atoms with van der Waals surface area (Å²) in [5, 5.41) is 6.60. The van der Waals surface area contributed by atoms with Gasteiger partial charge in [0.25, 0.3) is 5.91 Å². The highest BCUT2D eigenvalue weighted by Gasteiger charge is 2.25. The highest BCUT2D eigenvalue weighted by Crippen LogP contribution is 2.18. The van der Waals surface area contributed by atoms with Gasteiger partial charge in [-0.1, -0.05) is 0 Å². The molecule has 2 rings (SSSR count). The summed E-state index contributed by atoms with van der Waals surface area (Å²) < 4.78 is 24.2. The third kappa shape index (κ3) is 4.02. The number of rotatable bonds is 4. The van der Waals surface area contributed by atoms with Crippen molar-refractivity contribution in [1.29, 1.82) is 0 Å². The zero-order valence-electron chi connectivity index (χ0n) is 10.8. The number of thiophene rings is 1. The lowest BCUT2D eigenvalue weighted by Crippen LogP contribution is -2.41. The first-order valence-corrected chi connectivity index (χ1v) is 9.01. The maximum absolute atomic E-state index is 11.8. The molecule has 0 unspecified atom stereocenters. The van der Waals surface area contributed by atoms with Gasteiger partial charge >= 0.3 is 0 Å². The van der Waals surface area contributed by atoms with Crippen molar-refractivity contribution in [2.75, 3.05) is 25.9 Å². The predicted molar refractivity (Wildman–Crippen MR) is 75.8 cm³/mol. The van der Waals surface area contributed by atoms with Crippen molar-refractivity contribution in [3.05, 3.63) is 22.4 Å². The molecule has 1 saturated heterocycles. The van der Waals surface area contributed by atoms with Gasteiger partial charge in [-0.2, -0.15) is 11.3 Å². The quantitative estimate of drug-likeness (QED) is 0.907. The maximum atomic E-state index is 11.8. The van der Waals surface area contributed by atoms with E-state index >= 15 is 0 Å². The number of amides is 1. The predicted octanol–water partition coefficient (Wildman–Crippen LogP) is 1.15. The number of nitrogens with one attached hydrogen (secondary N) is 1. The standard InChI is InChI=1S/C12H18N2O3S2/c1-19(16,17)14-5-2-10(3-6-14)8-13-12(15)11-4-7-18-9-11/h4,7,9-10H,2-3,5-6,8H2,1H3,(H,13,15). The first-order valence-electron chi connectivity index (χ1n) is 6.22. The fourth-order valence-electron chi connectivity index (χ4n) is 2.18. The largest absolute Gasteiger partial charge is 0.352 e. The molecule has 1 fully saturated rings. The van der Waals surface area contributed by atoms with Crippen LogP contribution >= 0.6 is 11.3 Å². The average Bonchev–Trinajstić information content (AvgIpc) is 2.89. The molecular weight excluding hydrogens is 284 g/mol. The van der Waals surface area contributed by atoms with Crippen molar-refractivity contribution in [3.8, 4) is 0 Å². The molecule has 5 nitrogen and oxygen atoms in total. The van der Waals surface area contributed by atoms with Gasteiger partial charge in [0.15, 0.2) is 0 Å². The summed E-state index contributed by atoms with van der Waals surface area (Å²) in [5.41, 5.74) is 0.693. The average molecular weight is 302 g/mol. The fourth-order valence-corrected chi connectivity index (χ4v) is 3.69. The van der Waals surface area contributed by atoms with Crippen LogP contribution in [0.5, 0.6) is 0 Å². The first-order chi connectivity index (χ1) is 8.97. The number of piperidine rings is 1. The van der Waals surface area contributed by atoms with E-state index in [0.717, 1.165) is 12.8 Å². The molecule has 0 aromatic carbocycles. The van der Waals surface area contributed by atoms with Crippen LogP contribution in [0.25, 0.3) is 0 Å². The Morgan fingerprint density at radius 3 is 2.68 bits per heavy atom. The Bertz CT molecular complexity index is 517. The van der Waals surface area contributed by atoms with Crippen LogP contribution in [0.15, 0.2) is 16.8 Å². The van der Waals surface area contributed by atoms with Crippen LogP contribution in [0.2, 0.25) is 0 Å². The summed E-state index contributed by atoms with van der Waals surface area (Å²) >= 11 is 1.50. The molecule has 0 atom stereocenters. The van der Waals surface area contributed by atoms with Crippen LogP contribution in [0, 0.1) is 5.92 Å². The summed E-state index contributed by atoms with van der Waals surface area (Å²) in [4.78, 5) is 11.8. The van der Waals surface area contributed by atoms with Gasteiger partial charge in [0, 0.05) is 30.6 Å². The van der Waals surface area contributed by atoms with E-state index < -0.39 is 10.0 Å². The molecule has 2 heterocycles. The molecule has 1 amide bonds. The zero-order chi connectivity index (χ0) is 13.9. The van der Waals surface area contributed by atoms with Crippen molar-refractivity contribution < 1.29 is 13.2 Å². The molecule has 7 heteroatoms. The summed E-state index contributed by atoms with van der Waals surface area (Å²) in [6.45, 7) is 1.72. The lowest BCUT2D eigenvalue weighted by Gasteiger charge is -2.30. The van der Waals surface area contributed by atoms with Crippen molar-refractivity contribution in [2.45, 2.75) is 12.8 Å². The van der Waals surface area contributed by atoms with Crippen LogP contribution in [-0.4, -0.2) is 44.5 Å². The summed E-state index contributed by atoms with van der Waals surface area (Å²) in [5.74, 6) is 0.312. The number of nitrogens with zero attached hydrogens (tertiary/aromatic N) is 1. The van der Waals surface area contributed by atoms with Crippen molar-refractivity contribution in [3.63, 3.8) is 0 Å². The molecular formula is C12H18N2O3S2. The third-order valence-electron chi connectivity index (χ3n) is 3.38. The van der Waals surface area contributed by atoms with Crippen LogP contribution in [0.3, 0.4) is 0 Å². The molecule has 0 saturated carbocycles. The van der Waals surface area contributed by atoms with Gasteiger partial charge in [0.05, 0.1) is 6.26 Å². The molecule has 0 spiro atoms. The third-order valence-corrected chi connectivity index (χ3v) is 5.36. The van der Waals surface area contributed by atoms with Crippen molar-refractivity contribution in [1.82, 2.24) is 9.62 Å². The van der Waals surface area contributed by atoms with Crippen LogP contribution < -0.4 is 5.32 Å². The summed E-state index contributed by atoms with van der Waals surface area (Å²) in [7, 11) is -3.07. The van der Waals surface area contributed by atoms with E-state index in [0.29, 0.717) is 31.1 Å².